The summed E-state index contributed by atoms with van der Waals surface area (Å²) in [6, 6.07) is 3.50. The van der Waals surface area contributed by atoms with Crippen molar-refractivity contribution in [2.45, 2.75) is 52.0 Å². The van der Waals surface area contributed by atoms with E-state index in [2.05, 4.69) is 12.2 Å². The van der Waals surface area contributed by atoms with Gasteiger partial charge >= 0.3 is 0 Å². The van der Waals surface area contributed by atoms with Gasteiger partial charge in [-0.05, 0) is 56.3 Å². The highest BCUT2D eigenvalue weighted by molar-refractivity contribution is 5.21. The monoisotopic (exact) mass is 281 g/mol. The molecule has 3 unspecified atom stereocenters. The van der Waals surface area contributed by atoms with Crippen LogP contribution in [0.5, 0.6) is 0 Å². The van der Waals surface area contributed by atoms with Gasteiger partial charge in [-0.3, -0.25) is 0 Å². The predicted molar refractivity (Wildman–Crippen MR) is 78.5 cm³/mol. The lowest BCUT2D eigenvalue weighted by molar-refractivity contribution is 0.265. The maximum absolute atomic E-state index is 13.6. The van der Waals surface area contributed by atoms with E-state index in [-0.39, 0.29) is 17.7 Å². The highest BCUT2D eigenvalue weighted by Crippen LogP contribution is 2.30. The highest BCUT2D eigenvalue weighted by atomic mass is 19.1. The third kappa shape index (κ3) is 4.27. The van der Waals surface area contributed by atoms with Crippen LogP contribution in [0.2, 0.25) is 0 Å². The van der Waals surface area contributed by atoms with E-state index in [9.17, 15) is 8.78 Å². The molecule has 1 saturated carbocycles. The van der Waals surface area contributed by atoms with Crippen LogP contribution in [0.25, 0.3) is 0 Å². The standard InChI is InChI=1S/C17H25F2N/c1-12-4-3-5-14(10-12)8-9-20-13(2)16-11-15(18)6-7-17(16)19/h6-7,11-14,20H,3-5,8-10H2,1-2H3. The van der Waals surface area contributed by atoms with Gasteiger partial charge in [0.2, 0.25) is 0 Å². The second-order valence-corrected chi connectivity index (χ2v) is 6.27. The largest absolute Gasteiger partial charge is 0.310 e. The van der Waals surface area contributed by atoms with E-state index in [0.29, 0.717) is 5.56 Å². The van der Waals surface area contributed by atoms with Gasteiger partial charge in [0.1, 0.15) is 11.6 Å². The number of nitrogens with one attached hydrogen (secondary N) is 1. The van der Waals surface area contributed by atoms with Crippen molar-refractivity contribution in [3.8, 4) is 0 Å². The minimum atomic E-state index is -0.379. The molecule has 1 aromatic carbocycles. The topological polar surface area (TPSA) is 12.0 Å². The number of hydrogen-bond donors (Lipinski definition) is 1. The van der Waals surface area contributed by atoms with E-state index in [4.69, 9.17) is 0 Å². The molecule has 0 saturated heterocycles. The second kappa shape index (κ2) is 7.16. The molecule has 1 aliphatic carbocycles. The highest BCUT2D eigenvalue weighted by Gasteiger charge is 2.19. The Bertz CT molecular complexity index is 433. The van der Waals surface area contributed by atoms with Crippen molar-refractivity contribution < 1.29 is 8.78 Å². The van der Waals surface area contributed by atoms with Gasteiger partial charge in [0.15, 0.2) is 0 Å². The molecule has 0 aliphatic heterocycles. The molecule has 1 N–H and O–H groups in total. The molecule has 0 bridgehead atoms. The summed E-state index contributed by atoms with van der Waals surface area (Å²) < 4.78 is 26.8. The fourth-order valence-electron chi connectivity index (χ4n) is 3.28. The van der Waals surface area contributed by atoms with Crippen molar-refractivity contribution in [3.05, 3.63) is 35.4 Å². The predicted octanol–water partition coefficient (Wildman–Crippen LogP) is 4.83. The van der Waals surface area contributed by atoms with Crippen molar-refractivity contribution in [1.82, 2.24) is 5.32 Å². The Morgan fingerprint density at radius 2 is 2.10 bits per heavy atom. The molecule has 0 amide bonds. The average Bonchev–Trinajstić information content (AvgIpc) is 2.41. The number of rotatable bonds is 5. The van der Waals surface area contributed by atoms with Crippen LogP contribution in [0.1, 0.15) is 57.6 Å². The first-order valence-corrected chi connectivity index (χ1v) is 7.74. The van der Waals surface area contributed by atoms with Gasteiger partial charge in [-0.2, -0.15) is 0 Å². The molecule has 112 valence electrons. The van der Waals surface area contributed by atoms with Gasteiger partial charge in [0.05, 0.1) is 0 Å². The molecule has 20 heavy (non-hydrogen) atoms. The van der Waals surface area contributed by atoms with E-state index in [1.807, 2.05) is 6.92 Å². The summed E-state index contributed by atoms with van der Waals surface area (Å²) in [6.45, 7) is 5.08. The summed E-state index contributed by atoms with van der Waals surface area (Å²) >= 11 is 0. The van der Waals surface area contributed by atoms with Crippen LogP contribution in [0, 0.1) is 23.5 Å². The van der Waals surface area contributed by atoms with Gasteiger partial charge in [-0.25, -0.2) is 8.78 Å². The van der Waals surface area contributed by atoms with Crippen molar-refractivity contribution in [2.75, 3.05) is 6.54 Å². The Morgan fingerprint density at radius 3 is 2.85 bits per heavy atom. The van der Waals surface area contributed by atoms with Gasteiger partial charge in [-0.1, -0.05) is 26.2 Å². The summed E-state index contributed by atoms with van der Waals surface area (Å²) in [5.41, 5.74) is 0.419. The van der Waals surface area contributed by atoms with Crippen LogP contribution in [-0.4, -0.2) is 6.54 Å². The zero-order chi connectivity index (χ0) is 14.5. The van der Waals surface area contributed by atoms with Crippen LogP contribution in [0.3, 0.4) is 0 Å². The van der Waals surface area contributed by atoms with Crippen molar-refractivity contribution >= 4 is 0 Å². The SMILES string of the molecule is CC1CCCC(CCNC(C)c2cc(F)ccc2F)C1. The van der Waals surface area contributed by atoms with Crippen LogP contribution < -0.4 is 5.32 Å². The Morgan fingerprint density at radius 1 is 1.30 bits per heavy atom. The normalized spacial score (nSPS) is 24.6. The van der Waals surface area contributed by atoms with Crippen molar-refractivity contribution in [1.29, 1.82) is 0 Å². The Kier molecular flexibility index (Phi) is 5.53. The van der Waals surface area contributed by atoms with Crippen LogP contribution in [0.15, 0.2) is 18.2 Å². The fourth-order valence-corrected chi connectivity index (χ4v) is 3.28. The zero-order valence-electron chi connectivity index (χ0n) is 12.5. The summed E-state index contributed by atoms with van der Waals surface area (Å²) in [5.74, 6) is 0.913. The first-order chi connectivity index (χ1) is 9.56. The van der Waals surface area contributed by atoms with Crippen molar-refractivity contribution in [2.24, 2.45) is 11.8 Å². The van der Waals surface area contributed by atoms with Crippen LogP contribution in [0.4, 0.5) is 8.78 Å². The van der Waals surface area contributed by atoms with Crippen LogP contribution >= 0.6 is 0 Å². The van der Waals surface area contributed by atoms with Gasteiger partial charge < -0.3 is 5.32 Å². The molecule has 0 heterocycles. The lowest BCUT2D eigenvalue weighted by Gasteiger charge is -2.27. The molecule has 3 heteroatoms. The Labute approximate surface area is 120 Å². The number of halogens is 2. The molecular formula is C17H25F2N. The molecule has 1 fully saturated rings. The molecule has 2 rings (SSSR count). The number of benzene rings is 1. The van der Waals surface area contributed by atoms with E-state index in [1.165, 1.54) is 37.8 Å². The molecular weight excluding hydrogens is 256 g/mol. The lowest BCUT2D eigenvalue weighted by Crippen LogP contribution is -2.24. The molecule has 0 aromatic heterocycles. The van der Waals surface area contributed by atoms with Crippen molar-refractivity contribution in [3.63, 3.8) is 0 Å². The summed E-state index contributed by atoms with van der Waals surface area (Å²) in [7, 11) is 0. The Hall–Kier alpha value is -0.960. The first-order valence-electron chi connectivity index (χ1n) is 7.74. The van der Waals surface area contributed by atoms with E-state index in [1.54, 1.807) is 0 Å². The van der Waals surface area contributed by atoms with Gasteiger partial charge in [0, 0.05) is 11.6 Å². The zero-order valence-corrected chi connectivity index (χ0v) is 12.5. The molecule has 0 spiro atoms. The quantitative estimate of drug-likeness (QED) is 0.815. The lowest BCUT2D eigenvalue weighted by atomic mass is 9.81. The maximum Gasteiger partial charge on any atom is 0.128 e. The third-order valence-electron chi connectivity index (χ3n) is 4.47. The molecule has 3 atom stereocenters. The summed E-state index contributed by atoms with van der Waals surface area (Å²) in [4.78, 5) is 0. The molecule has 0 radical (unpaired) electrons. The maximum atomic E-state index is 13.6. The molecule has 1 aromatic rings. The third-order valence-corrected chi connectivity index (χ3v) is 4.47. The molecule has 1 aliphatic rings. The minimum Gasteiger partial charge on any atom is -0.310 e. The smallest absolute Gasteiger partial charge is 0.128 e. The molecule has 1 nitrogen and oxygen atoms in total. The Balaban J connectivity index is 1.80. The first kappa shape index (κ1) is 15.4. The van der Waals surface area contributed by atoms with E-state index in [0.717, 1.165) is 30.9 Å². The van der Waals surface area contributed by atoms with Crippen LogP contribution in [-0.2, 0) is 0 Å². The fraction of sp³-hybridized carbons (Fsp3) is 0.647. The summed E-state index contributed by atoms with van der Waals surface area (Å²) in [6.07, 6.45) is 6.44. The average molecular weight is 281 g/mol. The second-order valence-electron chi connectivity index (χ2n) is 6.27. The summed E-state index contributed by atoms with van der Waals surface area (Å²) in [5, 5.41) is 3.32. The van der Waals surface area contributed by atoms with E-state index >= 15 is 0 Å². The van der Waals surface area contributed by atoms with Gasteiger partial charge in [-0.15, -0.1) is 0 Å². The van der Waals surface area contributed by atoms with E-state index < -0.39 is 0 Å². The minimum absolute atomic E-state index is 0.147. The van der Waals surface area contributed by atoms with Gasteiger partial charge in [0.25, 0.3) is 0 Å². The number of hydrogen-bond acceptors (Lipinski definition) is 1.